The van der Waals surface area contributed by atoms with E-state index in [0.29, 0.717) is 32.4 Å². The molecule has 0 radical (unpaired) electrons. The van der Waals surface area contributed by atoms with E-state index in [-0.39, 0.29) is 17.6 Å². The van der Waals surface area contributed by atoms with Crippen molar-refractivity contribution >= 4 is 22.6 Å². The molecule has 2 saturated heterocycles. The van der Waals surface area contributed by atoms with Gasteiger partial charge in [0.25, 0.3) is 0 Å². The molecule has 2 aliphatic rings. The summed E-state index contributed by atoms with van der Waals surface area (Å²) in [6.45, 7) is 1.18. The van der Waals surface area contributed by atoms with Crippen molar-refractivity contribution in [3.05, 3.63) is 35.9 Å². The van der Waals surface area contributed by atoms with Crippen LogP contribution in [0.3, 0.4) is 0 Å². The highest BCUT2D eigenvalue weighted by atomic mass is 32.2. The van der Waals surface area contributed by atoms with Crippen LogP contribution in [0.25, 0.3) is 0 Å². The molecule has 0 bridgehead atoms. The number of nitrogens with zero attached hydrogens (tertiary/aromatic N) is 2. The lowest BCUT2D eigenvalue weighted by molar-refractivity contribution is -0.134. The third kappa shape index (κ3) is 3.24. The van der Waals surface area contributed by atoms with Gasteiger partial charge in [-0.1, -0.05) is 30.3 Å². The van der Waals surface area contributed by atoms with E-state index < -0.39 is 15.7 Å². The highest BCUT2D eigenvalue weighted by molar-refractivity contribution is 7.87. The van der Waals surface area contributed by atoms with Gasteiger partial charge in [0.2, 0.25) is 11.8 Å². The van der Waals surface area contributed by atoms with Crippen LogP contribution in [0.5, 0.6) is 0 Å². The fraction of sp³-hybridized carbons (Fsp3) is 0.556. The standard InChI is InChI=1S/C18H24N2O3S/c1-19-17(22)14-24(23)18(19)10-12-20(13-11-18)16(21)9-5-8-15-6-3-2-4-7-15/h2-4,6-7H,5,8-14H2,1H3. The number of amides is 2. The van der Waals surface area contributed by atoms with Crippen molar-refractivity contribution in [2.45, 2.75) is 37.0 Å². The normalized spacial score (nSPS) is 23.0. The van der Waals surface area contributed by atoms with Gasteiger partial charge in [0, 0.05) is 39.4 Å². The van der Waals surface area contributed by atoms with Gasteiger partial charge in [0.1, 0.15) is 10.6 Å². The van der Waals surface area contributed by atoms with Crippen molar-refractivity contribution in [3.63, 3.8) is 0 Å². The molecule has 1 unspecified atom stereocenters. The van der Waals surface area contributed by atoms with E-state index in [9.17, 15) is 13.8 Å². The highest BCUT2D eigenvalue weighted by Crippen LogP contribution is 2.36. The molecule has 3 rings (SSSR count). The second-order valence-electron chi connectivity index (χ2n) is 6.61. The first-order chi connectivity index (χ1) is 11.5. The van der Waals surface area contributed by atoms with E-state index in [0.717, 1.165) is 12.8 Å². The van der Waals surface area contributed by atoms with Gasteiger partial charge >= 0.3 is 0 Å². The van der Waals surface area contributed by atoms with Crippen LogP contribution in [-0.4, -0.2) is 56.6 Å². The zero-order valence-corrected chi connectivity index (χ0v) is 14.9. The van der Waals surface area contributed by atoms with Crippen molar-refractivity contribution in [2.75, 3.05) is 25.9 Å². The van der Waals surface area contributed by atoms with Gasteiger partial charge < -0.3 is 9.80 Å². The van der Waals surface area contributed by atoms with Crippen molar-refractivity contribution in [1.82, 2.24) is 9.80 Å². The molecule has 2 heterocycles. The van der Waals surface area contributed by atoms with E-state index in [1.54, 1.807) is 11.9 Å². The van der Waals surface area contributed by atoms with Crippen molar-refractivity contribution in [3.8, 4) is 0 Å². The number of rotatable bonds is 4. The van der Waals surface area contributed by atoms with Crippen LogP contribution in [0, 0.1) is 0 Å². The molecule has 0 saturated carbocycles. The average molecular weight is 348 g/mol. The molecule has 2 amide bonds. The maximum Gasteiger partial charge on any atom is 0.236 e. The molecular weight excluding hydrogens is 324 g/mol. The summed E-state index contributed by atoms with van der Waals surface area (Å²) in [6, 6.07) is 10.2. The van der Waals surface area contributed by atoms with Crippen LogP contribution in [0.4, 0.5) is 0 Å². The number of carbonyl (C=O) groups is 2. The van der Waals surface area contributed by atoms with Crippen LogP contribution >= 0.6 is 0 Å². The molecule has 1 atom stereocenters. The lowest BCUT2D eigenvalue weighted by Crippen LogP contribution is -2.54. The second kappa shape index (κ2) is 7.05. The number of likely N-dealkylation sites (tertiary alicyclic amines) is 1. The molecule has 2 aliphatic heterocycles. The fourth-order valence-electron chi connectivity index (χ4n) is 3.64. The van der Waals surface area contributed by atoms with Crippen molar-refractivity contribution < 1.29 is 13.8 Å². The second-order valence-corrected chi connectivity index (χ2v) is 8.35. The largest absolute Gasteiger partial charge is 0.342 e. The molecule has 0 N–H and O–H groups in total. The van der Waals surface area contributed by atoms with Crippen molar-refractivity contribution in [2.24, 2.45) is 0 Å². The maximum atomic E-state index is 12.4. The first-order valence-electron chi connectivity index (χ1n) is 8.50. The monoisotopic (exact) mass is 348 g/mol. The lowest BCUT2D eigenvalue weighted by Gasteiger charge is -2.42. The first-order valence-corrected chi connectivity index (χ1v) is 9.82. The molecule has 0 aliphatic carbocycles. The molecule has 0 aromatic heterocycles. The van der Waals surface area contributed by atoms with Crippen LogP contribution in [0.2, 0.25) is 0 Å². The summed E-state index contributed by atoms with van der Waals surface area (Å²) in [5.74, 6) is 0.246. The van der Waals surface area contributed by atoms with Gasteiger partial charge in [-0.2, -0.15) is 0 Å². The topological polar surface area (TPSA) is 57.7 Å². The molecule has 1 aromatic carbocycles. The maximum absolute atomic E-state index is 12.4. The Kier molecular flexibility index (Phi) is 5.04. The lowest BCUT2D eigenvalue weighted by atomic mass is 10.0. The van der Waals surface area contributed by atoms with Gasteiger partial charge in [0.15, 0.2) is 0 Å². The zero-order chi connectivity index (χ0) is 17.2. The number of aryl methyl sites for hydroxylation is 1. The smallest absolute Gasteiger partial charge is 0.236 e. The van der Waals surface area contributed by atoms with E-state index in [2.05, 4.69) is 12.1 Å². The number of piperidine rings is 1. The van der Waals surface area contributed by atoms with Crippen molar-refractivity contribution in [1.29, 1.82) is 0 Å². The quantitative estimate of drug-likeness (QED) is 0.829. The molecule has 24 heavy (non-hydrogen) atoms. The summed E-state index contributed by atoms with van der Waals surface area (Å²) in [4.78, 5) is 27.2. The zero-order valence-electron chi connectivity index (χ0n) is 14.1. The minimum Gasteiger partial charge on any atom is -0.342 e. The summed E-state index contributed by atoms with van der Waals surface area (Å²) in [6.07, 6.45) is 3.53. The Bertz CT molecular complexity index is 639. The highest BCUT2D eigenvalue weighted by Gasteiger charge is 2.51. The van der Waals surface area contributed by atoms with Gasteiger partial charge in [0.05, 0.1) is 10.8 Å². The number of carbonyl (C=O) groups excluding carboxylic acids is 2. The van der Waals surface area contributed by atoms with Gasteiger partial charge in [-0.3, -0.25) is 13.8 Å². The van der Waals surface area contributed by atoms with Crippen LogP contribution in [0.1, 0.15) is 31.2 Å². The molecular formula is C18H24N2O3S. The van der Waals surface area contributed by atoms with Gasteiger partial charge in [-0.15, -0.1) is 0 Å². The summed E-state index contributed by atoms with van der Waals surface area (Å²) in [7, 11) is 0.593. The van der Waals surface area contributed by atoms with E-state index in [4.69, 9.17) is 0 Å². The minimum atomic E-state index is -1.15. The number of benzene rings is 1. The Morgan fingerprint density at radius 1 is 1.21 bits per heavy atom. The Morgan fingerprint density at radius 3 is 2.46 bits per heavy atom. The third-order valence-corrected chi connectivity index (χ3v) is 7.30. The van der Waals surface area contributed by atoms with Crippen LogP contribution in [0.15, 0.2) is 30.3 Å². The Morgan fingerprint density at radius 2 is 1.88 bits per heavy atom. The molecule has 5 nitrogen and oxygen atoms in total. The minimum absolute atomic E-state index is 0.0454. The summed E-state index contributed by atoms with van der Waals surface area (Å²) < 4.78 is 12.3. The predicted molar refractivity (Wildman–Crippen MR) is 93.7 cm³/mol. The molecule has 130 valence electrons. The number of hydrogen-bond acceptors (Lipinski definition) is 3. The SMILES string of the molecule is CN1C(=O)CS(=O)C12CCN(C(=O)CCCc1ccccc1)CC2. The fourth-order valence-corrected chi connectivity index (χ4v) is 5.37. The van der Waals surface area contributed by atoms with Crippen LogP contribution in [-0.2, 0) is 26.8 Å². The summed E-state index contributed by atoms with van der Waals surface area (Å²) in [5, 5.41) is 0. The van der Waals surface area contributed by atoms with Crippen LogP contribution < -0.4 is 0 Å². The summed E-state index contributed by atoms with van der Waals surface area (Å²) >= 11 is 0. The molecule has 1 aromatic rings. The van der Waals surface area contributed by atoms with Gasteiger partial charge in [-0.25, -0.2) is 0 Å². The Labute approximate surface area is 145 Å². The summed E-state index contributed by atoms with van der Waals surface area (Å²) in [5.41, 5.74) is 1.25. The molecule has 6 heteroatoms. The number of hydrogen-bond donors (Lipinski definition) is 0. The Balaban J connectivity index is 1.49. The third-order valence-electron chi connectivity index (χ3n) is 5.26. The van der Waals surface area contributed by atoms with E-state index in [1.807, 2.05) is 23.1 Å². The Hall–Kier alpha value is -1.69. The molecule has 2 fully saturated rings. The predicted octanol–water partition coefficient (Wildman–Crippen LogP) is 1.55. The average Bonchev–Trinajstić information content (AvgIpc) is 2.80. The first kappa shape index (κ1) is 17.1. The van der Waals surface area contributed by atoms with E-state index in [1.165, 1.54) is 5.56 Å². The molecule has 1 spiro atoms. The van der Waals surface area contributed by atoms with Gasteiger partial charge in [-0.05, 0) is 18.4 Å². The van der Waals surface area contributed by atoms with E-state index >= 15 is 0 Å².